The monoisotopic (exact) mass is 196 g/mol. The van der Waals surface area contributed by atoms with E-state index in [1.165, 1.54) is 0 Å². The molecule has 1 heterocycles. The summed E-state index contributed by atoms with van der Waals surface area (Å²) in [5, 5.41) is 9.45. The van der Waals surface area contributed by atoms with Gasteiger partial charge in [0.25, 0.3) is 5.91 Å². The van der Waals surface area contributed by atoms with Gasteiger partial charge in [-0.2, -0.15) is 0 Å². The van der Waals surface area contributed by atoms with Gasteiger partial charge in [-0.15, -0.1) is 6.42 Å². The van der Waals surface area contributed by atoms with Gasteiger partial charge in [-0.1, -0.05) is 0 Å². The van der Waals surface area contributed by atoms with Crippen LogP contribution in [0.4, 0.5) is 0 Å². The number of nitrogens with zero attached hydrogens (tertiary/aromatic N) is 2. The van der Waals surface area contributed by atoms with E-state index in [4.69, 9.17) is 6.42 Å². The Hall–Kier alpha value is -1.05. The van der Waals surface area contributed by atoms with Crippen LogP contribution in [0.25, 0.3) is 0 Å². The lowest BCUT2D eigenvalue weighted by Gasteiger charge is -2.24. The van der Waals surface area contributed by atoms with Gasteiger partial charge in [0.2, 0.25) is 0 Å². The minimum Gasteiger partial charge on any atom is -0.391 e. The molecular weight excluding hydrogens is 180 g/mol. The zero-order valence-corrected chi connectivity index (χ0v) is 8.60. The minimum atomic E-state index is -0.433. The number of likely N-dealkylation sites (tertiary alicyclic amines) is 1. The lowest BCUT2D eigenvalue weighted by atomic mass is 10.2. The van der Waals surface area contributed by atoms with Gasteiger partial charge >= 0.3 is 0 Å². The smallest absolute Gasteiger partial charge is 0.298 e. The number of hydrogen-bond acceptors (Lipinski definition) is 3. The number of likely N-dealkylation sites (N-methyl/N-ethyl adjacent to an activating group) is 1. The fourth-order valence-corrected chi connectivity index (χ4v) is 1.82. The van der Waals surface area contributed by atoms with Crippen molar-refractivity contribution in [2.24, 2.45) is 0 Å². The van der Waals surface area contributed by atoms with Crippen LogP contribution in [-0.2, 0) is 4.79 Å². The molecule has 2 unspecified atom stereocenters. The van der Waals surface area contributed by atoms with Gasteiger partial charge in [-0.25, -0.2) is 0 Å². The zero-order chi connectivity index (χ0) is 10.7. The third-order valence-electron chi connectivity index (χ3n) is 2.35. The SMILES string of the molecule is C#CC(=O)N1CC(O)CC1CN(C)C. The summed E-state index contributed by atoms with van der Waals surface area (Å²) in [5.41, 5.74) is 0. The van der Waals surface area contributed by atoms with Crippen LogP contribution >= 0.6 is 0 Å². The second-order valence-electron chi connectivity index (χ2n) is 3.91. The zero-order valence-electron chi connectivity index (χ0n) is 8.60. The first-order chi connectivity index (χ1) is 6.54. The van der Waals surface area contributed by atoms with E-state index in [-0.39, 0.29) is 11.9 Å². The van der Waals surface area contributed by atoms with Crippen molar-refractivity contribution >= 4 is 5.91 Å². The van der Waals surface area contributed by atoms with E-state index in [2.05, 4.69) is 5.92 Å². The first-order valence-corrected chi connectivity index (χ1v) is 4.64. The molecule has 0 saturated carbocycles. The van der Waals surface area contributed by atoms with Crippen molar-refractivity contribution in [2.45, 2.75) is 18.6 Å². The van der Waals surface area contributed by atoms with Crippen LogP contribution in [0.15, 0.2) is 0 Å². The van der Waals surface area contributed by atoms with Gasteiger partial charge < -0.3 is 14.9 Å². The number of rotatable bonds is 2. The quantitative estimate of drug-likeness (QED) is 0.585. The first kappa shape index (κ1) is 11.0. The molecule has 1 N–H and O–H groups in total. The van der Waals surface area contributed by atoms with Crippen molar-refractivity contribution in [3.63, 3.8) is 0 Å². The summed E-state index contributed by atoms with van der Waals surface area (Å²) in [5.74, 6) is 1.76. The molecular formula is C10H16N2O2. The molecule has 1 fully saturated rings. The molecule has 1 aliphatic rings. The maximum Gasteiger partial charge on any atom is 0.298 e. The third kappa shape index (κ3) is 2.47. The molecule has 0 aromatic heterocycles. The molecule has 78 valence electrons. The van der Waals surface area contributed by atoms with Gasteiger partial charge in [0.05, 0.1) is 6.10 Å². The molecule has 0 aromatic carbocycles. The second kappa shape index (κ2) is 4.45. The second-order valence-corrected chi connectivity index (χ2v) is 3.91. The van der Waals surface area contributed by atoms with Gasteiger partial charge in [0.15, 0.2) is 0 Å². The van der Waals surface area contributed by atoms with Crippen LogP contribution in [0.2, 0.25) is 0 Å². The van der Waals surface area contributed by atoms with E-state index >= 15 is 0 Å². The van der Waals surface area contributed by atoms with Crippen LogP contribution in [0.3, 0.4) is 0 Å². The number of amides is 1. The average Bonchev–Trinajstić information content (AvgIpc) is 2.44. The van der Waals surface area contributed by atoms with E-state index in [0.717, 1.165) is 6.54 Å². The summed E-state index contributed by atoms with van der Waals surface area (Å²) in [6.45, 7) is 1.10. The summed E-state index contributed by atoms with van der Waals surface area (Å²) in [6, 6.07) is 0.0450. The molecule has 0 radical (unpaired) electrons. The Morgan fingerprint density at radius 2 is 2.36 bits per heavy atom. The number of carbonyl (C=O) groups excluding carboxylic acids is 1. The Kier molecular flexibility index (Phi) is 3.50. The Labute approximate surface area is 84.5 Å². The summed E-state index contributed by atoms with van der Waals surface area (Å²) in [6.07, 6.45) is 5.24. The van der Waals surface area contributed by atoms with E-state index < -0.39 is 6.10 Å². The Bertz CT molecular complexity index is 257. The number of aliphatic hydroxyl groups excluding tert-OH is 1. The van der Waals surface area contributed by atoms with Crippen LogP contribution in [0, 0.1) is 12.3 Å². The largest absolute Gasteiger partial charge is 0.391 e. The molecule has 1 rings (SSSR count). The summed E-state index contributed by atoms with van der Waals surface area (Å²) in [4.78, 5) is 14.9. The highest BCUT2D eigenvalue weighted by Gasteiger charge is 2.33. The maximum atomic E-state index is 11.3. The van der Waals surface area contributed by atoms with Crippen molar-refractivity contribution in [3.05, 3.63) is 0 Å². The van der Waals surface area contributed by atoms with Crippen LogP contribution < -0.4 is 0 Å². The molecule has 2 atom stereocenters. The average molecular weight is 196 g/mol. The minimum absolute atomic E-state index is 0.0450. The summed E-state index contributed by atoms with van der Waals surface area (Å²) >= 11 is 0. The summed E-state index contributed by atoms with van der Waals surface area (Å²) in [7, 11) is 3.87. The van der Waals surface area contributed by atoms with Crippen LogP contribution in [0.1, 0.15) is 6.42 Å². The normalized spacial score (nSPS) is 26.6. The molecule has 1 aliphatic heterocycles. The van der Waals surface area contributed by atoms with Crippen molar-refractivity contribution < 1.29 is 9.90 Å². The number of terminal acetylenes is 1. The van der Waals surface area contributed by atoms with E-state index in [1.807, 2.05) is 19.0 Å². The third-order valence-corrected chi connectivity index (χ3v) is 2.35. The van der Waals surface area contributed by atoms with E-state index in [0.29, 0.717) is 13.0 Å². The Balaban J connectivity index is 2.64. The van der Waals surface area contributed by atoms with Gasteiger partial charge in [-0.05, 0) is 26.4 Å². The molecule has 0 spiro atoms. The molecule has 4 nitrogen and oxygen atoms in total. The molecule has 0 bridgehead atoms. The summed E-state index contributed by atoms with van der Waals surface area (Å²) < 4.78 is 0. The molecule has 0 aliphatic carbocycles. The van der Waals surface area contributed by atoms with Gasteiger partial charge in [-0.3, -0.25) is 4.79 Å². The van der Waals surface area contributed by atoms with Crippen molar-refractivity contribution in [1.82, 2.24) is 9.80 Å². The van der Waals surface area contributed by atoms with Gasteiger partial charge in [0, 0.05) is 19.1 Å². The topological polar surface area (TPSA) is 43.8 Å². The number of β-amino-alcohol motifs (C(OH)–C–C–N with tert-alkyl or cyclic N) is 1. The molecule has 1 saturated heterocycles. The van der Waals surface area contributed by atoms with Crippen molar-refractivity contribution in [1.29, 1.82) is 0 Å². The number of carbonyl (C=O) groups is 1. The molecule has 4 heteroatoms. The Morgan fingerprint density at radius 3 is 2.86 bits per heavy atom. The molecule has 1 amide bonds. The number of hydrogen-bond donors (Lipinski definition) is 1. The highest BCUT2D eigenvalue weighted by molar-refractivity contribution is 5.93. The van der Waals surface area contributed by atoms with E-state index in [9.17, 15) is 9.90 Å². The maximum absolute atomic E-state index is 11.3. The van der Waals surface area contributed by atoms with Crippen LogP contribution in [0.5, 0.6) is 0 Å². The fraction of sp³-hybridized carbons (Fsp3) is 0.700. The van der Waals surface area contributed by atoms with Crippen molar-refractivity contribution in [2.75, 3.05) is 27.2 Å². The molecule has 0 aromatic rings. The van der Waals surface area contributed by atoms with Gasteiger partial charge in [0.1, 0.15) is 0 Å². The van der Waals surface area contributed by atoms with E-state index in [1.54, 1.807) is 4.90 Å². The lowest BCUT2D eigenvalue weighted by Crippen LogP contribution is -2.40. The predicted octanol–water partition coefficient (Wildman–Crippen LogP) is -0.857. The molecule has 14 heavy (non-hydrogen) atoms. The standard InChI is InChI=1S/C10H16N2O2/c1-4-10(14)12-7-9(13)5-8(12)6-11(2)3/h1,8-9,13H,5-7H2,2-3H3. The number of aliphatic hydroxyl groups is 1. The lowest BCUT2D eigenvalue weighted by molar-refractivity contribution is -0.126. The predicted molar refractivity (Wildman–Crippen MR) is 53.5 cm³/mol. The fourth-order valence-electron chi connectivity index (χ4n) is 1.82. The first-order valence-electron chi connectivity index (χ1n) is 4.64. The Morgan fingerprint density at radius 1 is 1.71 bits per heavy atom. The highest BCUT2D eigenvalue weighted by atomic mass is 16.3. The highest BCUT2D eigenvalue weighted by Crippen LogP contribution is 2.18. The van der Waals surface area contributed by atoms with Crippen LogP contribution in [-0.4, -0.2) is 60.1 Å². The van der Waals surface area contributed by atoms with Crippen molar-refractivity contribution in [3.8, 4) is 12.3 Å².